The molecule has 10 heteroatoms. The summed E-state index contributed by atoms with van der Waals surface area (Å²) in [4.78, 5) is 11.7. The van der Waals surface area contributed by atoms with Gasteiger partial charge in [0.25, 0.3) is 0 Å². The van der Waals surface area contributed by atoms with E-state index in [0.717, 1.165) is 6.26 Å². The third-order valence-electron chi connectivity index (χ3n) is 2.78. The van der Waals surface area contributed by atoms with E-state index >= 15 is 0 Å². The summed E-state index contributed by atoms with van der Waals surface area (Å²) in [7, 11) is -3.53. The first-order valence-corrected chi connectivity index (χ1v) is 9.34. The lowest BCUT2D eigenvalue weighted by atomic mass is 10.2. The Morgan fingerprint density at radius 3 is 2.71 bits per heavy atom. The molecule has 0 aliphatic heterocycles. The molecule has 1 aromatic carbocycles. The van der Waals surface area contributed by atoms with Crippen LogP contribution in [0.3, 0.4) is 0 Å². The smallest absolute Gasteiger partial charge is 0.335 e. The molecule has 0 aliphatic carbocycles. The largest absolute Gasteiger partial charge is 0.412 e. The Morgan fingerprint density at radius 1 is 1.33 bits per heavy atom. The minimum atomic E-state index is -3.53. The van der Waals surface area contributed by atoms with Gasteiger partial charge in [0.15, 0.2) is 0 Å². The highest BCUT2D eigenvalue weighted by molar-refractivity contribution is 7.90. The van der Waals surface area contributed by atoms with Crippen molar-refractivity contribution in [2.24, 2.45) is 0 Å². The van der Waals surface area contributed by atoms with E-state index in [2.05, 4.69) is 15.5 Å². The molecule has 0 atom stereocenters. The molecule has 0 saturated heterocycles. The summed E-state index contributed by atoms with van der Waals surface area (Å²) >= 11 is 11.8. The summed E-state index contributed by atoms with van der Waals surface area (Å²) in [5.74, 6) is -0.218. The second kappa shape index (κ2) is 7.78. The number of amides is 1. The summed E-state index contributed by atoms with van der Waals surface area (Å²) < 4.78 is 27.4. The van der Waals surface area contributed by atoms with Crippen molar-refractivity contribution in [3.8, 4) is 0 Å². The maximum atomic E-state index is 11.7. The number of hydrogen-bond acceptors (Lipinski definition) is 6. The van der Waals surface area contributed by atoms with Crippen LogP contribution in [-0.2, 0) is 21.1 Å². The molecular weight excluding hydrogens is 377 g/mol. The predicted octanol–water partition coefficient (Wildman–Crippen LogP) is 2.15. The standard InChI is InChI=1S/C14H13Cl2N3O4S/c1-24(21,22)14-19-18-13(23-14)6-7-17-12(20)5-3-9-2-4-10(15)8-11(9)16/h2-5,8H,6-7H2,1H3,(H,17,20)/b5-3+. The third-order valence-corrected chi connectivity index (χ3v) is 4.14. The van der Waals surface area contributed by atoms with Crippen LogP contribution in [0.15, 0.2) is 33.9 Å². The number of benzene rings is 1. The van der Waals surface area contributed by atoms with Gasteiger partial charge in [0.05, 0.1) is 0 Å². The Hall–Kier alpha value is -1.90. The maximum Gasteiger partial charge on any atom is 0.335 e. The molecule has 1 aromatic heterocycles. The highest BCUT2D eigenvalue weighted by Gasteiger charge is 2.16. The number of hydrogen-bond donors (Lipinski definition) is 1. The van der Waals surface area contributed by atoms with Gasteiger partial charge in [0.1, 0.15) is 0 Å². The first-order valence-electron chi connectivity index (χ1n) is 6.69. The Balaban J connectivity index is 1.85. The molecule has 128 valence electrons. The fourth-order valence-corrected chi connectivity index (χ4v) is 2.55. The number of aromatic nitrogens is 2. The first-order chi connectivity index (χ1) is 11.3. The van der Waals surface area contributed by atoms with E-state index in [0.29, 0.717) is 15.6 Å². The third kappa shape index (κ3) is 5.33. The normalized spacial score (nSPS) is 11.8. The minimum absolute atomic E-state index is 0.125. The first kappa shape index (κ1) is 18.4. The van der Waals surface area contributed by atoms with Crippen LogP contribution >= 0.6 is 23.2 Å². The summed E-state index contributed by atoms with van der Waals surface area (Å²) in [6.07, 6.45) is 4.07. The van der Waals surface area contributed by atoms with Gasteiger partial charge in [-0.3, -0.25) is 4.79 Å². The summed E-state index contributed by atoms with van der Waals surface area (Å²) in [5.41, 5.74) is 0.658. The number of carbonyl (C=O) groups is 1. The molecule has 1 heterocycles. The van der Waals surface area contributed by atoms with Crippen LogP contribution in [0.25, 0.3) is 6.08 Å². The minimum Gasteiger partial charge on any atom is -0.412 e. The SMILES string of the molecule is CS(=O)(=O)c1nnc(CCNC(=O)/C=C/c2ccc(Cl)cc2Cl)o1. The molecule has 0 fully saturated rings. The molecule has 7 nitrogen and oxygen atoms in total. The maximum absolute atomic E-state index is 11.7. The van der Waals surface area contributed by atoms with Crippen LogP contribution in [0.5, 0.6) is 0 Å². The van der Waals surface area contributed by atoms with Crippen LogP contribution in [0.1, 0.15) is 11.5 Å². The van der Waals surface area contributed by atoms with E-state index < -0.39 is 15.1 Å². The van der Waals surface area contributed by atoms with E-state index in [-0.39, 0.29) is 24.8 Å². The van der Waals surface area contributed by atoms with Crippen LogP contribution < -0.4 is 5.32 Å². The van der Waals surface area contributed by atoms with Gasteiger partial charge in [-0.1, -0.05) is 34.4 Å². The van der Waals surface area contributed by atoms with Crippen molar-refractivity contribution >= 4 is 45.0 Å². The van der Waals surface area contributed by atoms with E-state index in [1.54, 1.807) is 24.3 Å². The van der Waals surface area contributed by atoms with E-state index in [1.807, 2.05) is 0 Å². The zero-order valence-corrected chi connectivity index (χ0v) is 14.8. The lowest BCUT2D eigenvalue weighted by Crippen LogP contribution is -2.23. The van der Waals surface area contributed by atoms with Crippen LogP contribution in [0, 0.1) is 0 Å². The van der Waals surface area contributed by atoms with Crippen molar-refractivity contribution in [2.75, 3.05) is 12.8 Å². The van der Waals surface area contributed by atoms with Gasteiger partial charge in [0.2, 0.25) is 21.6 Å². The van der Waals surface area contributed by atoms with Gasteiger partial charge in [-0.25, -0.2) is 8.42 Å². The lowest BCUT2D eigenvalue weighted by Gasteiger charge is -2.00. The van der Waals surface area contributed by atoms with Crippen molar-refractivity contribution in [1.29, 1.82) is 0 Å². The topological polar surface area (TPSA) is 102 Å². The summed E-state index contributed by atoms with van der Waals surface area (Å²) in [6, 6.07) is 4.94. The number of halogens is 2. The Kier molecular flexibility index (Phi) is 5.98. The molecule has 0 aliphatic rings. The van der Waals surface area contributed by atoms with Gasteiger partial charge in [0, 0.05) is 35.3 Å². The molecule has 0 unspecified atom stereocenters. The van der Waals surface area contributed by atoms with Crippen LogP contribution in [0.4, 0.5) is 0 Å². The number of rotatable bonds is 6. The lowest BCUT2D eigenvalue weighted by molar-refractivity contribution is -0.116. The fraction of sp³-hybridized carbons (Fsp3) is 0.214. The average Bonchev–Trinajstić information content (AvgIpc) is 2.95. The van der Waals surface area contributed by atoms with Gasteiger partial charge in [-0.05, 0) is 23.8 Å². The Labute approximate surface area is 148 Å². The van der Waals surface area contributed by atoms with E-state index in [9.17, 15) is 13.2 Å². The molecule has 2 rings (SSSR count). The highest BCUT2D eigenvalue weighted by Crippen LogP contribution is 2.21. The summed E-state index contributed by atoms with van der Waals surface area (Å²) in [6.45, 7) is 0.211. The molecule has 24 heavy (non-hydrogen) atoms. The monoisotopic (exact) mass is 389 g/mol. The van der Waals surface area contributed by atoms with E-state index in [1.165, 1.54) is 6.08 Å². The van der Waals surface area contributed by atoms with Crippen molar-refractivity contribution < 1.29 is 17.6 Å². The van der Waals surface area contributed by atoms with Crippen molar-refractivity contribution in [3.05, 3.63) is 45.8 Å². The predicted molar refractivity (Wildman–Crippen MR) is 89.6 cm³/mol. The van der Waals surface area contributed by atoms with Gasteiger partial charge < -0.3 is 9.73 Å². The zero-order chi connectivity index (χ0) is 17.7. The quantitative estimate of drug-likeness (QED) is 0.759. The second-order valence-electron chi connectivity index (χ2n) is 4.77. The van der Waals surface area contributed by atoms with Crippen LogP contribution in [0.2, 0.25) is 10.0 Å². The molecule has 1 amide bonds. The van der Waals surface area contributed by atoms with Gasteiger partial charge in [-0.2, -0.15) is 0 Å². The molecule has 0 radical (unpaired) electrons. The molecule has 0 bridgehead atoms. The van der Waals surface area contributed by atoms with E-state index in [4.69, 9.17) is 27.6 Å². The molecule has 1 N–H and O–H groups in total. The van der Waals surface area contributed by atoms with Crippen molar-refractivity contribution in [3.63, 3.8) is 0 Å². The van der Waals surface area contributed by atoms with Gasteiger partial charge >= 0.3 is 5.22 Å². The van der Waals surface area contributed by atoms with Crippen LogP contribution in [-0.4, -0.2) is 37.3 Å². The number of nitrogens with zero attached hydrogens (tertiary/aromatic N) is 2. The number of nitrogens with one attached hydrogen (secondary N) is 1. The average molecular weight is 390 g/mol. The number of carbonyl (C=O) groups excluding carboxylic acids is 1. The second-order valence-corrected chi connectivity index (χ2v) is 7.51. The zero-order valence-electron chi connectivity index (χ0n) is 12.5. The summed E-state index contributed by atoms with van der Waals surface area (Å²) in [5, 5.41) is 10.1. The molecule has 0 spiro atoms. The molecule has 2 aromatic rings. The fourth-order valence-electron chi connectivity index (χ4n) is 1.64. The Bertz CT molecular complexity index is 878. The molecule has 0 saturated carbocycles. The van der Waals surface area contributed by atoms with Crippen molar-refractivity contribution in [2.45, 2.75) is 11.6 Å². The Morgan fingerprint density at radius 2 is 2.08 bits per heavy atom. The number of sulfone groups is 1. The highest BCUT2D eigenvalue weighted by atomic mass is 35.5. The molecular formula is C14H13Cl2N3O4S. The van der Waals surface area contributed by atoms with Gasteiger partial charge in [-0.15, -0.1) is 5.10 Å². The van der Waals surface area contributed by atoms with Crippen molar-refractivity contribution in [1.82, 2.24) is 15.5 Å².